The number of carbonyl (C=O) groups excluding carboxylic acids is 1. The summed E-state index contributed by atoms with van der Waals surface area (Å²) in [5, 5.41) is 0.637. The number of nitrogens with zero attached hydrogens (tertiary/aromatic N) is 2. The molecule has 0 saturated carbocycles. The summed E-state index contributed by atoms with van der Waals surface area (Å²) in [6.45, 7) is 4.06. The van der Waals surface area contributed by atoms with Crippen molar-refractivity contribution < 1.29 is 14.1 Å². The number of ether oxygens (including phenoxy) is 1. The van der Waals surface area contributed by atoms with Crippen LogP contribution in [0.1, 0.15) is 18.1 Å². The number of aliphatic imine (C=N–C) groups is 1. The average molecular weight is 295 g/mol. The number of hydrogen-bond acceptors (Lipinski definition) is 4. The molecule has 0 spiro atoms. The van der Waals surface area contributed by atoms with Crippen LogP contribution in [0.15, 0.2) is 23.2 Å². The number of aryl methyl sites for hydroxylation is 1. The summed E-state index contributed by atoms with van der Waals surface area (Å²) in [6.07, 6.45) is 3.28. The second-order valence-electron chi connectivity index (χ2n) is 4.55. The highest BCUT2D eigenvalue weighted by Gasteiger charge is 2.43. The van der Waals surface area contributed by atoms with E-state index in [1.165, 1.54) is 0 Å². The van der Waals surface area contributed by atoms with Crippen molar-refractivity contribution >= 4 is 30.0 Å². The molecule has 5 nitrogen and oxygen atoms in total. The fourth-order valence-electron chi connectivity index (χ4n) is 2.20. The van der Waals surface area contributed by atoms with Gasteiger partial charge in [-0.2, -0.15) is 9.57 Å². The molecular formula is C14H17ClN3O2+. The molecule has 0 bridgehead atoms. The zero-order valence-corrected chi connectivity index (χ0v) is 12.2. The SMILES string of the molecule is CCOC(=O)C[N+]1=CC=NC1(N)c1ccc(Cl)cc1C. The number of nitrogens with two attached hydrogens (primary N) is 1. The summed E-state index contributed by atoms with van der Waals surface area (Å²) < 4.78 is 6.60. The predicted octanol–water partition coefficient (Wildman–Crippen LogP) is 1.45. The van der Waals surface area contributed by atoms with Gasteiger partial charge in [0.1, 0.15) is 0 Å². The van der Waals surface area contributed by atoms with Crippen LogP contribution >= 0.6 is 11.6 Å². The third-order valence-corrected chi connectivity index (χ3v) is 3.38. The molecule has 106 valence electrons. The van der Waals surface area contributed by atoms with Crippen molar-refractivity contribution in [3.8, 4) is 0 Å². The molecule has 2 rings (SSSR count). The van der Waals surface area contributed by atoms with E-state index < -0.39 is 5.79 Å². The molecule has 20 heavy (non-hydrogen) atoms. The fraction of sp³-hybridized carbons (Fsp3) is 0.357. The highest BCUT2D eigenvalue weighted by atomic mass is 35.5. The Balaban J connectivity index is 2.31. The molecule has 0 fully saturated rings. The van der Waals surface area contributed by atoms with Gasteiger partial charge in [-0.3, -0.25) is 0 Å². The largest absolute Gasteiger partial charge is 0.461 e. The topological polar surface area (TPSA) is 67.7 Å². The van der Waals surface area contributed by atoms with Gasteiger partial charge in [0.15, 0.2) is 6.21 Å². The van der Waals surface area contributed by atoms with Crippen LogP contribution in [0.3, 0.4) is 0 Å². The quantitative estimate of drug-likeness (QED) is 0.675. The highest BCUT2D eigenvalue weighted by Crippen LogP contribution is 2.28. The van der Waals surface area contributed by atoms with Crippen LogP contribution in [0.5, 0.6) is 0 Å². The van der Waals surface area contributed by atoms with Gasteiger partial charge in [0.2, 0.25) is 6.54 Å². The Morgan fingerprint density at radius 1 is 1.55 bits per heavy atom. The molecular weight excluding hydrogens is 278 g/mol. The van der Waals surface area contributed by atoms with E-state index in [1.54, 1.807) is 30.0 Å². The smallest absolute Gasteiger partial charge is 0.372 e. The van der Waals surface area contributed by atoms with Crippen LogP contribution in [0.25, 0.3) is 0 Å². The Kier molecular flexibility index (Phi) is 4.20. The molecule has 1 atom stereocenters. The van der Waals surface area contributed by atoms with Crippen molar-refractivity contribution in [2.75, 3.05) is 13.2 Å². The van der Waals surface area contributed by atoms with Gasteiger partial charge in [0, 0.05) is 5.02 Å². The summed E-state index contributed by atoms with van der Waals surface area (Å²) in [7, 11) is 0. The van der Waals surface area contributed by atoms with E-state index in [2.05, 4.69) is 4.99 Å². The number of carbonyl (C=O) groups is 1. The number of benzene rings is 1. The van der Waals surface area contributed by atoms with Crippen molar-refractivity contribution in [1.29, 1.82) is 0 Å². The maximum Gasteiger partial charge on any atom is 0.372 e. The summed E-state index contributed by atoms with van der Waals surface area (Å²) in [4.78, 5) is 15.9. The lowest BCUT2D eigenvalue weighted by atomic mass is 10.0. The molecule has 0 amide bonds. The summed E-state index contributed by atoms with van der Waals surface area (Å²) >= 11 is 5.96. The summed E-state index contributed by atoms with van der Waals surface area (Å²) in [5.74, 6) is -1.43. The normalized spacial score (nSPS) is 20.9. The lowest BCUT2D eigenvalue weighted by molar-refractivity contribution is -0.599. The number of rotatable bonds is 4. The van der Waals surface area contributed by atoms with Gasteiger partial charge in [-0.1, -0.05) is 11.6 Å². The maximum absolute atomic E-state index is 11.6. The summed E-state index contributed by atoms with van der Waals surface area (Å²) in [6, 6.07) is 5.41. The van der Waals surface area contributed by atoms with Gasteiger partial charge in [0.25, 0.3) is 0 Å². The lowest BCUT2D eigenvalue weighted by Crippen LogP contribution is -2.47. The zero-order valence-electron chi connectivity index (χ0n) is 11.5. The molecule has 0 aromatic heterocycles. The first kappa shape index (κ1) is 14.7. The average Bonchev–Trinajstić information content (AvgIpc) is 2.71. The minimum atomic E-state index is -1.10. The molecule has 1 aromatic carbocycles. The molecule has 1 aromatic rings. The van der Waals surface area contributed by atoms with Gasteiger partial charge < -0.3 is 4.74 Å². The van der Waals surface area contributed by atoms with Gasteiger partial charge in [0.05, 0.1) is 18.4 Å². The Bertz CT molecular complexity index is 598. The Hall–Kier alpha value is -1.72. The van der Waals surface area contributed by atoms with E-state index in [0.29, 0.717) is 11.6 Å². The first-order chi connectivity index (χ1) is 9.47. The van der Waals surface area contributed by atoms with E-state index in [4.69, 9.17) is 22.1 Å². The molecule has 1 aliphatic heterocycles. The Morgan fingerprint density at radius 2 is 2.30 bits per heavy atom. The van der Waals surface area contributed by atoms with Crippen molar-refractivity contribution in [3.05, 3.63) is 34.3 Å². The molecule has 1 aliphatic rings. The summed E-state index contributed by atoms with van der Waals surface area (Å²) in [5.41, 5.74) is 8.09. The third-order valence-electron chi connectivity index (χ3n) is 3.15. The first-order valence-electron chi connectivity index (χ1n) is 6.34. The van der Waals surface area contributed by atoms with Gasteiger partial charge in [-0.25, -0.2) is 10.5 Å². The van der Waals surface area contributed by atoms with E-state index in [-0.39, 0.29) is 12.5 Å². The zero-order chi connectivity index (χ0) is 14.8. The molecule has 0 saturated heterocycles. The van der Waals surface area contributed by atoms with Crippen LogP contribution in [-0.2, 0) is 15.3 Å². The monoisotopic (exact) mass is 294 g/mol. The van der Waals surface area contributed by atoms with Gasteiger partial charge in [-0.15, -0.1) is 0 Å². The Labute approximate surface area is 122 Å². The first-order valence-corrected chi connectivity index (χ1v) is 6.71. The van der Waals surface area contributed by atoms with Crippen LogP contribution in [0, 0.1) is 6.92 Å². The minimum absolute atomic E-state index is 0.0480. The molecule has 0 radical (unpaired) electrons. The fourth-order valence-corrected chi connectivity index (χ4v) is 2.43. The molecule has 6 heteroatoms. The lowest BCUT2D eigenvalue weighted by Gasteiger charge is -2.21. The second-order valence-corrected chi connectivity index (χ2v) is 4.98. The molecule has 1 unspecified atom stereocenters. The van der Waals surface area contributed by atoms with E-state index in [1.807, 2.05) is 19.1 Å². The number of halogens is 1. The van der Waals surface area contributed by atoms with E-state index in [0.717, 1.165) is 11.1 Å². The molecule has 2 N–H and O–H groups in total. The van der Waals surface area contributed by atoms with Crippen LogP contribution in [0.2, 0.25) is 5.02 Å². The van der Waals surface area contributed by atoms with Gasteiger partial charge in [-0.05, 0) is 37.6 Å². The van der Waals surface area contributed by atoms with Crippen LogP contribution < -0.4 is 5.73 Å². The second kappa shape index (κ2) is 5.73. The van der Waals surface area contributed by atoms with Crippen molar-refractivity contribution in [1.82, 2.24) is 0 Å². The van der Waals surface area contributed by atoms with Crippen LogP contribution in [0.4, 0.5) is 0 Å². The highest BCUT2D eigenvalue weighted by molar-refractivity contribution is 6.30. The Morgan fingerprint density at radius 3 is 2.95 bits per heavy atom. The van der Waals surface area contributed by atoms with E-state index >= 15 is 0 Å². The molecule has 0 aliphatic carbocycles. The predicted molar refractivity (Wildman–Crippen MR) is 78.4 cm³/mol. The van der Waals surface area contributed by atoms with E-state index in [9.17, 15) is 4.79 Å². The van der Waals surface area contributed by atoms with Crippen molar-refractivity contribution in [2.24, 2.45) is 10.7 Å². The molecule has 1 heterocycles. The maximum atomic E-state index is 11.6. The third kappa shape index (κ3) is 2.73. The number of hydrogen-bond donors (Lipinski definition) is 1. The number of esters is 1. The van der Waals surface area contributed by atoms with Gasteiger partial charge >= 0.3 is 11.8 Å². The van der Waals surface area contributed by atoms with Crippen molar-refractivity contribution in [3.63, 3.8) is 0 Å². The van der Waals surface area contributed by atoms with Crippen LogP contribution in [-0.4, -0.2) is 36.1 Å². The standard InChI is InChI=1S/C14H17ClN3O2/c1-3-20-13(19)9-18-7-6-17-14(18,16)12-5-4-11(15)8-10(12)2/h4-8H,3,9,16H2,1-2H3/q+1. The minimum Gasteiger partial charge on any atom is -0.461 e. The van der Waals surface area contributed by atoms with Crippen molar-refractivity contribution in [2.45, 2.75) is 19.6 Å².